The summed E-state index contributed by atoms with van der Waals surface area (Å²) in [7, 11) is 3.57. The number of hydrogen-bond donors (Lipinski definition) is 1. The van der Waals surface area contributed by atoms with Crippen molar-refractivity contribution in [1.29, 1.82) is 0 Å². The summed E-state index contributed by atoms with van der Waals surface area (Å²) >= 11 is 5.69. The third kappa shape index (κ3) is 3.98. The van der Waals surface area contributed by atoms with Crippen LogP contribution in [-0.4, -0.2) is 28.2 Å². The number of para-hydroxylation sites is 3. The fourth-order valence-electron chi connectivity index (χ4n) is 3.55. The van der Waals surface area contributed by atoms with Gasteiger partial charge in [0, 0.05) is 19.8 Å². The monoisotopic (exact) mass is 442 g/mol. The molecule has 7 heteroatoms. The Bertz CT molecular complexity index is 1360. The van der Waals surface area contributed by atoms with E-state index in [1.807, 2.05) is 66.7 Å². The molecule has 1 heterocycles. The molecule has 0 atom stereocenters. The van der Waals surface area contributed by atoms with Gasteiger partial charge in [-0.1, -0.05) is 66.8 Å². The molecule has 1 N–H and O–H groups in total. The van der Waals surface area contributed by atoms with Crippen molar-refractivity contribution in [2.45, 2.75) is 0 Å². The lowest BCUT2D eigenvalue weighted by Crippen LogP contribution is -2.44. The van der Waals surface area contributed by atoms with Gasteiger partial charge in [0.05, 0.1) is 11.4 Å². The lowest BCUT2D eigenvalue weighted by molar-refractivity contribution is 0.785. The highest BCUT2D eigenvalue weighted by atomic mass is 32.1. The van der Waals surface area contributed by atoms with Crippen molar-refractivity contribution < 1.29 is 0 Å². The van der Waals surface area contributed by atoms with Crippen LogP contribution in [0.5, 0.6) is 0 Å². The number of thiocarbonyl (C=S) groups is 1. The van der Waals surface area contributed by atoms with Crippen LogP contribution in [0.15, 0.2) is 101 Å². The Morgan fingerprint density at radius 2 is 1.22 bits per heavy atom. The minimum Gasteiger partial charge on any atom is -0.363 e. The van der Waals surface area contributed by atoms with Crippen LogP contribution in [0.3, 0.4) is 0 Å². The van der Waals surface area contributed by atoms with Gasteiger partial charge in [-0.25, -0.2) is 13.9 Å². The average Bonchev–Trinajstić information content (AvgIpc) is 2.80. The highest BCUT2D eigenvalue weighted by molar-refractivity contribution is 7.81. The molecular formula is C25H22N4O2S. The first-order valence-corrected chi connectivity index (χ1v) is 10.5. The summed E-state index contributed by atoms with van der Waals surface area (Å²) in [5.41, 5.74) is 1.15. The van der Waals surface area contributed by atoms with Crippen molar-refractivity contribution in [2.24, 2.45) is 0 Å². The molecule has 32 heavy (non-hydrogen) atoms. The van der Waals surface area contributed by atoms with E-state index in [9.17, 15) is 9.59 Å². The summed E-state index contributed by atoms with van der Waals surface area (Å²) in [6.45, 7) is 0. The van der Waals surface area contributed by atoms with E-state index in [0.29, 0.717) is 17.2 Å². The van der Waals surface area contributed by atoms with Crippen LogP contribution < -0.4 is 21.5 Å². The number of nitrogens with zero attached hydrogens (tertiary/aromatic N) is 3. The number of hydrogen-bond acceptors (Lipinski definition) is 4. The molecule has 0 radical (unpaired) electrons. The van der Waals surface area contributed by atoms with E-state index in [0.717, 1.165) is 10.3 Å². The maximum absolute atomic E-state index is 13.7. The lowest BCUT2D eigenvalue weighted by atomic mass is 10.2. The van der Waals surface area contributed by atoms with Crippen LogP contribution in [0.2, 0.25) is 0 Å². The minimum absolute atomic E-state index is 0.235. The molecule has 0 saturated carbocycles. The Morgan fingerprint density at radius 1 is 0.750 bits per heavy atom. The maximum atomic E-state index is 13.7. The molecule has 0 aliphatic rings. The zero-order valence-electron chi connectivity index (χ0n) is 17.7. The molecule has 4 aromatic rings. The normalized spacial score (nSPS) is 10.6. The Balaban J connectivity index is 2.07. The van der Waals surface area contributed by atoms with Gasteiger partial charge in [0.25, 0.3) is 5.56 Å². The van der Waals surface area contributed by atoms with Crippen LogP contribution in [0.1, 0.15) is 5.56 Å². The van der Waals surface area contributed by atoms with Gasteiger partial charge in [0.1, 0.15) is 16.4 Å². The molecule has 0 aliphatic carbocycles. The number of rotatable bonds is 5. The van der Waals surface area contributed by atoms with Crippen molar-refractivity contribution in [1.82, 2.24) is 9.13 Å². The van der Waals surface area contributed by atoms with E-state index in [-0.39, 0.29) is 10.6 Å². The maximum Gasteiger partial charge on any atom is 0.341 e. The predicted molar refractivity (Wildman–Crippen MR) is 134 cm³/mol. The summed E-state index contributed by atoms with van der Waals surface area (Å²) in [6.07, 6.45) is 0. The van der Waals surface area contributed by atoms with E-state index >= 15 is 0 Å². The lowest BCUT2D eigenvalue weighted by Gasteiger charge is -2.24. The van der Waals surface area contributed by atoms with Gasteiger partial charge in [-0.2, -0.15) is 0 Å². The van der Waals surface area contributed by atoms with Crippen LogP contribution >= 0.6 is 12.2 Å². The second-order valence-electron chi connectivity index (χ2n) is 7.34. The van der Waals surface area contributed by atoms with Crippen LogP contribution in [0.25, 0.3) is 11.4 Å². The van der Waals surface area contributed by atoms with Crippen molar-refractivity contribution in [3.8, 4) is 11.4 Å². The summed E-state index contributed by atoms with van der Waals surface area (Å²) in [5.74, 6) is 0.409. The van der Waals surface area contributed by atoms with Gasteiger partial charge in [0.15, 0.2) is 0 Å². The summed E-state index contributed by atoms with van der Waals surface area (Å²) < 4.78 is 2.68. The molecule has 160 valence electrons. The van der Waals surface area contributed by atoms with E-state index in [4.69, 9.17) is 12.2 Å². The number of aromatic nitrogens is 2. The summed E-state index contributed by atoms with van der Waals surface area (Å²) in [4.78, 5) is 29.4. The third-order valence-electron chi connectivity index (χ3n) is 4.95. The SMILES string of the molecule is CN(C)c1c(C(=S)Nc2ccccc2)c(=O)n(-c2ccccc2)c(=O)n1-c1ccccc1. The Kier molecular flexibility index (Phi) is 6.00. The summed E-state index contributed by atoms with van der Waals surface area (Å²) in [6, 6.07) is 27.5. The van der Waals surface area contributed by atoms with Gasteiger partial charge in [0.2, 0.25) is 0 Å². The standard InChI is InChI=1S/C25H22N4O2S/c1-27(2)23-21(22(32)26-18-12-6-3-7-13-18)24(30)29(20-16-10-5-11-17-20)25(31)28(23)19-14-8-4-9-15-19/h3-17H,1-2H3,(H,26,32). The average molecular weight is 443 g/mol. The first kappa shape index (κ1) is 21.3. The van der Waals surface area contributed by atoms with Crippen LogP contribution in [0, 0.1) is 0 Å². The fourth-order valence-corrected chi connectivity index (χ4v) is 3.85. The molecule has 0 unspecified atom stereocenters. The number of nitrogens with one attached hydrogen (secondary N) is 1. The van der Waals surface area contributed by atoms with Gasteiger partial charge in [-0.15, -0.1) is 0 Å². The van der Waals surface area contributed by atoms with Crippen molar-refractivity contribution >= 4 is 28.7 Å². The number of anilines is 2. The van der Waals surface area contributed by atoms with E-state index in [1.54, 1.807) is 43.3 Å². The predicted octanol–water partition coefficient (Wildman–Crippen LogP) is 3.84. The van der Waals surface area contributed by atoms with Gasteiger partial charge in [-0.05, 0) is 36.4 Å². The van der Waals surface area contributed by atoms with E-state index < -0.39 is 11.2 Å². The largest absolute Gasteiger partial charge is 0.363 e. The van der Waals surface area contributed by atoms with Crippen LogP contribution in [0.4, 0.5) is 11.5 Å². The van der Waals surface area contributed by atoms with Crippen LogP contribution in [-0.2, 0) is 0 Å². The van der Waals surface area contributed by atoms with Gasteiger partial charge in [-0.3, -0.25) is 4.79 Å². The topological polar surface area (TPSA) is 59.3 Å². The zero-order chi connectivity index (χ0) is 22.7. The molecule has 3 aromatic carbocycles. The molecule has 0 fully saturated rings. The molecule has 0 aliphatic heterocycles. The third-order valence-corrected chi connectivity index (χ3v) is 5.25. The molecule has 0 saturated heterocycles. The molecule has 1 aromatic heterocycles. The van der Waals surface area contributed by atoms with Crippen molar-refractivity contribution in [3.63, 3.8) is 0 Å². The Labute approximate surface area is 191 Å². The molecule has 4 rings (SSSR count). The minimum atomic E-state index is -0.481. The van der Waals surface area contributed by atoms with E-state index in [1.165, 1.54) is 4.57 Å². The summed E-state index contributed by atoms with van der Waals surface area (Å²) in [5, 5.41) is 3.15. The van der Waals surface area contributed by atoms with Gasteiger partial charge >= 0.3 is 5.69 Å². The van der Waals surface area contributed by atoms with Gasteiger partial charge < -0.3 is 10.2 Å². The second-order valence-corrected chi connectivity index (χ2v) is 7.75. The highest BCUT2D eigenvalue weighted by Crippen LogP contribution is 2.21. The van der Waals surface area contributed by atoms with Crippen molar-refractivity contribution in [2.75, 3.05) is 24.3 Å². The molecule has 0 bridgehead atoms. The molecule has 0 amide bonds. The molecular weight excluding hydrogens is 420 g/mol. The highest BCUT2D eigenvalue weighted by Gasteiger charge is 2.25. The molecule has 0 spiro atoms. The molecule has 6 nitrogen and oxygen atoms in total. The Morgan fingerprint density at radius 3 is 1.72 bits per heavy atom. The second kappa shape index (κ2) is 9.03. The first-order chi connectivity index (χ1) is 15.5. The Hall–Kier alpha value is -3.97. The first-order valence-electron chi connectivity index (χ1n) is 10.1. The van der Waals surface area contributed by atoms with Crippen molar-refractivity contribution in [3.05, 3.63) is 117 Å². The smallest absolute Gasteiger partial charge is 0.341 e. The fraction of sp³-hybridized carbons (Fsp3) is 0.0800. The van der Waals surface area contributed by atoms with E-state index in [2.05, 4.69) is 5.32 Å². The zero-order valence-corrected chi connectivity index (χ0v) is 18.5. The quantitative estimate of drug-likeness (QED) is 0.476. The number of benzene rings is 3.